The number of hydrogen-bond acceptors (Lipinski definition) is 4. The van der Waals surface area contributed by atoms with Crippen molar-refractivity contribution in [2.45, 2.75) is 12.8 Å². The molecule has 1 aliphatic rings. The maximum atomic E-state index is 10.5. The van der Waals surface area contributed by atoms with Gasteiger partial charge in [-0.25, -0.2) is 4.98 Å². The summed E-state index contributed by atoms with van der Waals surface area (Å²) in [6.07, 6.45) is 4.84. The average molecular weight is 210 g/mol. The first-order valence-corrected chi connectivity index (χ1v) is 5.68. The molecule has 4 heteroatoms. The van der Waals surface area contributed by atoms with Crippen LogP contribution in [-0.2, 0) is 6.42 Å². The molecule has 2 heterocycles. The zero-order valence-corrected chi connectivity index (χ0v) is 9.09. The van der Waals surface area contributed by atoms with E-state index in [4.69, 9.17) is 0 Å². The highest BCUT2D eigenvalue weighted by atomic mass is 32.1. The largest absolute Gasteiger partial charge is 0.306 e. The van der Waals surface area contributed by atoms with E-state index >= 15 is 0 Å². The Hall–Kier alpha value is -0.740. The normalized spacial score (nSPS) is 22.8. The van der Waals surface area contributed by atoms with E-state index < -0.39 is 0 Å². The minimum Gasteiger partial charge on any atom is -0.306 e. The molecule has 1 atom stereocenters. The summed E-state index contributed by atoms with van der Waals surface area (Å²) in [5.41, 5.74) is 0. The van der Waals surface area contributed by atoms with Crippen molar-refractivity contribution in [2.75, 3.05) is 20.1 Å². The van der Waals surface area contributed by atoms with Crippen LogP contribution in [0, 0.1) is 5.92 Å². The molecule has 2 rings (SSSR count). The van der Waals surface area contributed by atoms with E-state index in [-0.39, 0.29) is 0 Å². The Labute approximate surface area is 87.8 Å². The first-order valence-electron chi connectivity index (χ1n) is 4.86. The van der Waals surface area contributed by atoms with Crippen molar-refractivity contribution in [3.8, 4) is 0 Å². The van der Waals surface area contributed by atoms with Gasteiger partial charge < -0.3 is 4.90 Å². The molecular formula is C10H14N2OS. The van der Waals surface area contributed by atoms with Gasteiger partial charge in [-0.05, 0) is 25.9 Å². The number of carbonyl (C=O) groups excluding carboxylic acids is 1. The summed E-state index contributed by atoms with van der Waals surface area (Å²) in [5.74, 6) is 0.727. The van der Waals surface area contributed by atoms with Crippen molar-refractivity contribution < 1.29 is 4.79 Å². The van der Waals surface area contributed by atoms with Crippen LogP contribution in [0.15, 0.2) is 6.20 Å². The molecule has 0 aliphatic carbocycles. The van der Waals surface area contributed by atoms with Gasteiger partial charge in [0.15, 0.2) is 6.29 Å². The number of thiazole rings is 1. The SMILES string of the molecule is CN1CCC(Cc2ncc(C=O)s2)C1. The van der Waals surface area contributed by atoms with Crippen LogP contribution in [0.1, 0.15) is 21.1 Å². The van der Waals surface area contributed by atoms with Gasteiger partial charge in [0.25, 0.3) is 0 Å². The van der Waals surface area contributed by atoms with Crippen molar-refractivity contribution in [1.82, 2.24) is 9.88 Å². The molecule has 0 radical (unpaired) electrons. The van der Waals surface area contributed by atoms with E-state index in [0.29, 0.717) is 0 Å². The van der Waals surface area contributed by atoms with Gasteiger partial charge in [-0.2, -0.15) is 0 Å². The van der Waals surface area contributed by atoms with Crippen LogP contribution >= 0.6 is 11.3 Å². The molecule has 76 valence electrons. The van der Waals surface area contributed by atoms with Crippen LogP contribution in [0.4, 0.5) is 0 Å². The fourth-order valence-corrected chi connectivity index (χ4v) is 2.76. The van der Waals surface area contributed by atoms with Crippen molar-refractivity contribution >= 4 is 17.6 Å². The van der Waals surface area contributed by atoms with E-state index in [1.165, 1.54) is 24.3 Å². The van der Waals surface area contributed by atoms with Gasteiger partial charge in [0.1, 0.15) is 0 Å². The zero-order chi connectivity index (χ0) is 9.97. The summed E-state index contributed by atoms with van der Waals surface area (Å²) in [6, 6.07) is 0. The molecule has 1 fully saturated rings. The smallest absolute Gasteiger partial charge is 0.161 e. The number of aldehydes is 1. The van der Waals surface area contributed by atoms with Crippen LogP contribution in [0.5, 0.6) is 0 Å². The zero-order valence-electron chi connectivity index (χ0n) is 8.27. The number of nitrogens with zero attached hydrogens (tertiary/aromatic N) is 2. The van der Waals surface area contributed by atoms with Gasteiger partial charge in [0.2, 0.25) is 0 Å². The second kappa shape index (κ2) is 4.19. The topological polar surface area (TPSA) is 33.2 Å². The summed E-state index contributed by atoms with van der Waals surface area (Å²) < 4.78 is 0. The monoisotopic (exact) mass is 210 g/mol. The Morgan fingerprint density at radius 3 is 3.21 bits per heavy atom. The minimum absolute atomic E-state index is 0.727. The van der Waals surface area contributed by atoms with E-state index in [1.807, 2.05) is 0 Å². The lowest BCUT2D eigenvalue weighted by atomic mass is 10.1. The Bertz CT molecular complexity index is 324. The number of hydrogen-bond donors (Lipinski definition) is 0. The van der Waals surface area contributed by atoms with Gasteiger partial charge in [0, 0.05) is 19.2 Å². The fraction of sp³-hybridized carbons (Fsp3) is 0.600. The van der Waals surface area contributed by atoms with E-state index in [1.54, 1.807) is 6.20 Å². The molecule has 0 amide bonds. The van der Waals surface area contributed by atoms with Gasteiger partial charge >= 0.3 is 0 Å². The molecule has 14 heavy (non-hydrogen) atoms. The molecule has 0 bridgehead atoms. The maximum absolute atomic E-state index is 10.5. The highest BCUT2D eigenvalue weighted by Crippen LogP contribution is 2.21. The maximum Gasteiger partial charge on any atom is 0.161 e. The van der Waals surface area contributed by atoms with Crippen LogP contribution < -0.4 is 0 Å². The molecule has 0 N–H and O–H groups in total. The lowest BCUT2D eigenvalue weighted by Crippen LogP contribution is -2.14. The van der Waals surface area contributed by atoms with Gasteiger partial charge in [-0.3, -0.25) is 4.79 Å². The summed E-state index contributed by atoms with van der Waals surface area (Å²) in [6.45, 7) is 2.35. The molecule has 0 spiro atoms. The second-order valence-electron chi connectivity index (χ2n) is 3.90. The van der Waals surface area contributed by atoms with Crippen LogP contribution in [0.3, 0.4) is 0 Å². The van der Waals surface area contributed by atoms with E-state index in [9.17, 15) is 4.79 Å². The van der Waals surface area contributed by atoms with E-state index in [2.05, 4.69) is 16.9 Å². The van der Waals surface area contributed by atoms with Crippen molar-refractivity contribution in [3.63, 3.8) is 0 Å². The molecule has 1 saturated heterocycles. The number of carbonyl (C=O) groups is 1. The third-order valence-electron chi connectivity index (χ3n) is 2.64. The van der Waals surface area contributed by atoms with Gasteiger partial charge in [-0.15, -0.1) is 11.3 Å². The lowest BCUT2D eigenvalue weighted by molar-refractivity contribution is 0.112. The van der Waals surface area contributed by atoms with Crippen molar-refractivity contribution in [2.24, 2.45) is 5.92 Å². The Morgan fingerprint density at radius 2 is 2.64 bits per heavy atom. The molecular weight excluding hydrogens is 196 g/mol. The predicted molar refractivity (Wildman–Crippen MR) is 56.8 cm³/mol. The summed E-state index contributed by atoms with van der Waals surface area (Å²) >= 11 is 1.52. The molecule has 1 aromatic heterocycles. The van der Waals surface area contributed by atoms with Gasteiger partial charge in [0.05, 0.1) is 9.88 Å². The molecule has 1 unspecified atom stereocenters. The quantitative estimate of drug-likeness (QED) is 0.708. The lowest BCUT2D eigenvalue weighted by Gasteiger charge is -2.07. The van der Waals surface area contributed by atoms with Gasteiger partial charge in [-0.1, -0.05) is 0 Å². The predicted octanol–water partition coefficient (Wildman–Crippen LogP) is 1.45. The second-order valence-corrected chi connectivity index (χ2v) is 5.04. The number of rotatable bonds is 3. The third-order valence-corrected chi connectivity index (χ3v) is 3.58. The first-order chi connectivity index (χ1) is 6.78. The fourth-order valence-electron chi connectivity index (χ4n) is 1.91. The molecule has 1 aromatic rings. The molecule has 0 aromatic carbocycles. The van der Waals surface area contributed by atoms with Crippen molar-refractivity contribution in [3.05, 3.63) is 16.1 Å². The summed E-state index contributed by atoms with van der Waals surface area (Å²) in [7, 11) is 2.15. The Kier molecular flexibility index (Phi) is 2.93. The standard InChI is InChI=1S/C10H14N2OS/c1-12-3-2-8(6-12)4-10-11-5-9(7-13)14-10/h5,7-8H,2-4,6H2,1H3. The van der Waals surface area contributed by atoms with Crippen molar-refractivity contribution in [1.29, 1.82) is 0 Å². The summed E-state index contributed by atoms with van der Waals surface area (Å²) in [5, 5.41) is 1.10. The highest BCUT2D eigenvalue weighted by molar-refractivity contribution is 7.13. The Morgan fingerprint density at radius 1 is 1.79 bits per heavy atom. The van der Waals surface area contributed by atoms with Crippen LogP contribution in [-0.4, -0.2) is 36.3 Å². The minimum atomic E-state index is 0.727. The highest BCUT2D eigenvalue weighted by Gasteiger charge is 2.20. The third kappa shape index (κ3) is 2.19. The molecule has 1 aliphatic heterocycles. The molecule has 3 nitrogen and oxygen atoms in total. The summed E-state index contributed by atoms with van der Waals surface area (Å²) in [4.78, 5) is 17.8. The van der Waals surface area contributed by atoms with Crippen LogP contribution in [0.25, 0.3) is 0 Å². The average Bonchev–Trinajstić information content (AvgIpc) is 2.76. The number of likely N-dealkylation sites (tertiary alicyclic amines) is 1. The molecule has 0 saturated carbocycles. The van der Waals surface area contributed by atoms with Crippen LogP contribution in [0.2, 0.25) is 0 Å². The van der Waals surface area contributed by atoms with E-state index in [0.717, 1.165) is 35.1 Å². The first kappa shape index (κ1) is 9.80. The Balaban J connectivity index is 1.93. The number of aromatic nitrogens is 1.